The fourth-order valence-electron chi connectivity index (χ4n) is 7.28. The maximum absolute atomic E-state index is 13.9. The standard InChI is InChI=1S/C34H37ClFN7O2/c1-23(36)32(44)43-18-17-41(20-25(43)19-37-2)31-26-11-16-40(29-10-6-8-24-7-5-9-27(35)30(24)29)21-28(26)38-33(39-31)45-22-34(12-13-34)42-14-3-4-15-42/h5-10,25H,1,3-4,11-22H2/t25-/m0/s1. The second-order valence-corrected chi connectivity index (χ2v) is 13.0. The first-order chi connectivity index (χ1) is 21.9. The molecule has 3 aromatic rings. The largest absolute Gasteiger partial charge is 0.461 e. The Kier molecular flexibility index (Phi) is 8.00. The predicted octanol–water partition coefficient (Wildman–Crippen LogP) is 5.27. The zero-order valence-electron chi connectivity index (χ0n) is 25.4. The summed E-state index contributed by atoms with van der Waals surface area (Å²) in [5.41, 5.74) is 3.08. The van der Waals surface area contributed by atoms with E-state index in [4.69, 9.17) is 32.9 Å². The van der Waals surface area contributed by atoms with E-state index in [9.17, 15) is 9.18 Å². The average molecular weight is 630 g/mol. The molecule has 1 saturated carbocycles. The zero-order valence-corrected chi connectivity index (χ0v) is 26.1. The van der Waals surface area contributed by atoms with Crippen molar-refractivity contribution in [1.29, 1.82) is 0 Å². The molecule has 9 nitrogen and oxygen atoms in total. The van der Waals surface area contributed by atoms with Crippen LogP contribution in [-0.4, -0.2) is 89.7 Å². The van der Waals surface area contributed by atoms with E-state index in [0.29, 0.717) is 43.7 Å². The van der Waals surface area contributed by atoms with Crippen molar-refractivity contribution in [2.24, 2.45) is 0 Å². The third-order valence-electron chi connectivity index (χ3n) is 9.85. The summed E-state index contributed by atoms with van der Waals surface area (Å²) in [6.07, 6.45) is 5.40. The van der Waals surface area contributed by atoms with Crippen LogP contribution in [0.5, 0.6) is 6.01 Å². The van der Waals surface area contributed by atoms with E-state index in [1.165, 1.54) is 17.7 Å². The number of benzene rings is 2. The Hall–Kier alpha value is -3.94. The minimum absolute atomic E-state index is 0.0696. The van der Waals surface area contributed by atoms with Crippen molar-refractivity contribution < 1.29 is 13.9 Å². The van der Waals surface area contributed by atoms with Gasteiger partial charge in [0, 0.05) is 42.8 Å². The smallest absolute Gasteiger partial charge is 0.318 e. The number of carbonyl (C=O) groups excluding carboxylic acids is 1. The maximum atomic E-state index is 13.9. The second-order valence-electron chi connectivity index (χ2n) is 12.6. The van der Waals surface area contributed by atoms with Crippen LogP contribution >= 0.6 is 11.6 Å². The molecule has 234 valence electrons. The van der Waals surface area contributed by atoms with Gasteiger partial charge in [0.1, 0.15) is 18.5 Å². The first-order valence-corrected chi connectivity index (χ1v) is 16.2. The molecule has 1 amide bonds. The van der Waals surface area contributed by atoms with Crippen molar-refractivity contribution in [3.63, 3.8) is 0 Å². The summed E-state index contributed by atoms with van der Waals surface area (Å²) < 4.78 is 20.3. The highest BCUT2D eigenvalue weighted by atomic mass is 35.5. The van der Waals surface area contributed by atoms with Gasteiger partial charge in [0.25, 0.3) is 5.91 Å². The van der Waals surface area contributed by atoms with Crippen LogP contribution in [0.25, 0.3) is 15.6 Å². The van der Waals surface area contributed by atoms with Crippen LogP contribution < -0.4 is 14.5 Å². The molecule has 3 fully saturated rings. The molecule has 2 saturated heterocycles. The normalized spacial score (nSPS) is 21.0. The van der Waals surface area contributed by atoms with Gasteiger partial charge in [0.15, 0.2) is 5.83 Å². The highest BCUT2D eigenvalue weighted by molar-refractivity contribution is 6.36. The van der Waals surface area contributed by atoms with E-state index >= 15 is 0 Å². The Labute approximate surface area is 268 Å². The maximum Gasteiger partial charge on any atom is 0.318 e. The van der Waals surface area contributed by atoms with Crippen LogP contribution in [0, 0.1) is 6.57 Å². The minimum Gasteiger partial charge on any atom is -0.461 e. The van der Waals surface area contributed by atoms with E-state index in [1.54, 1.807) is 0 Å². The van der Waals surface area contributed by atoms with Crippen molar-refractivity contribution in [2.45, 2.75) is 50.2 Å². The number of hydrogen-bond donors (Lipinski definition) is 0. The summed E-state index contributed by atoms with van der Waals surface area (Å²) in [6, 6.07) is 12.1. The monoisotopic (exact) mass is 629 g/mol. The number of aromatic nitrogens is 2. The number of anilines is 2. The minimum atomic E-state index is -1.01. The topological polar surface area (TPSA) is 69.4 Å². The molecule has 0 bridgehead atoms. The molecule has 0 radical (unpaired) electrons. The van der Waals surface area contributed by atoms with Gasteiger partial charge in [0.2, 0.25) is 6.54 Å². The number of halogens is 2. The van der Waals surface area contributed by atoms with Gasteiger partial charge in [-0.05, 0) is 62.7 Å². The summed E-state index contributed by atoms with van der Waals surface area (Å²) >= 11 is 6.71. The number of likely N-dealkylation sites (tertiary alicyclic amines) is 1. The van der Waals surface area contributed by atoms with Gasteiger partial charge >= 0.3 is 6.01 Å². The Morgan fingerprint density at radius 3 is 2.60 bits per heavy atom. The number of hydrogen-bond acceptors (Lipinski definition) is 7. The van der Waals surface area contributed by atoms with Gasteiger partial charge in [-0.1, -0.05) is 42.4 Å². The van der Waals surface area contributed by atoms with E-state index in [2.05, 4.69) is 50.4 Å². The average Bonchev–Trinajstić information content (AvgIpc) is 3.63. The number of fused-ring (bicyclic) bond motifs is 2. The molecular weight excluding hydrogens is 593 g/mol. The lowest BCUT2D eigenvalue weighted by Gasteiger charge is -2.41. The van der Waals surface area contributed by atoms with Crippen molar-refractivity contribution in [1.82, 2.24) is 19.8 Å². The summed E-state index contributed by atoms with van der Waals surface area (Å²) in [5, 5.41) is 2.82. The molecule has 7 rings (SSSR count). The van der Waals surface area contributed by atoms with Gasteiger partial charge in [-0.2, -0.15) is 9.97 Å². The summed E-state index contributed by atoms with van der Waals surface area (Å²) in [7, 11) is 0. The van der Waals surface area contributed by atoms with Crippen LogP contribution in [0.3, 0.4) is 0 Å². The van der Waals surface area contributed by atoms with E-state index < -0.39 is 17.8 Å². The number of nitrogens with zero attached hydrogens (tertiary/aromatic N) is 7. The van der Waals surface area contributed by atoms with Crippen LogP contribution in [-0.2, 0) is 17.8 Å². The number of amides is 1. The lowest BCUT2D eigenvalue weighted by Crippen LogP contribution is -2.57. The molecule has 0 N–H and O–H groups in total. The van der Waals surface area contributed by atoms with Crippen molar-refractivity contribution in [3.05, 3.63) is 76.5 Å². The number of piperazine rings is 1. The Balaban J connectivity index is 1.22. The third kappa shape index (κ3) is 5.68. The molecule has 0 spiro atoms. The molecule has 1 aliphatic carbocycles. The van der Waals surface area contributed by atoms with Gasteiger partial charge in [-0.25, -0.2) is 11.0 Å². The molecule has 4 heterocycles. The molecule has 0 unspecified atom stereocenters. The third-order valence-corrected chi connectivity index (χ3v) is 10.2. The highest BCUT2D eigenvalue weighted by Gasteiger charge is 2.49. The second kappa shape index (κ2) is 12.1. The van der Waals surface area contributed by atoms with Crippen LogP contribution in [0.15, 0.2) is 48.8 Å². The Morgan fingerprint density at radius 1 is 1.09 bits per heavy atom. The summed E-state index contributed by atoms with van der Waals surface area (Å²) in [4.78, 5) is 34.5. The lowest BCUT2D eigenvalue weighted by atomic mass is 10.0. The summed E-state index contributed by atoms with van der Waals surface area (Å²) in [5.74, 6) is -0.981. The van der Waals surface area contributed by atoms with Crippen molar-refractivity contribution >= 4 is 39.8 Å². The van der Waals surface area contributed by atoms with E-state index in [0.717, 1.165) is 66.0 Å². The van der Waals surface area contributed by atoms with Gasteiger partial charge in [-0.15, -0.1) is 0 Å². The van der Waals surface area contributed by atoms with Gasteiger partial charge in [0.05, 0.1) is 22.8 Å². The summed E-state index contributed by atoms with van der Waals surface area (Å²) in [6.45, 7) is 15.9. The number of carbonyl (C=O) groups is 1. The van der Waals surface area contributed by atoms with Crippen molar-refractivity contribution in [2.75, 3.05) is 62.2 Å². The number of rotatable bonds is 8. The fraction of sp³-hybridized carbons (Fsp3) is 0.471. The van der Waals surface area contributed by atoms with Crippen LogP contribution in [0.4, 0.5) is 15.9 Å². The van der Waals surface area contributed by atoms with E-state index in [-0.39, 0.29) is 18.6 Å². The van der Waals surface area contributed by atoms with Crippen LogP contribution in [0.2, 0.25) is 5.02 Å². The predicted molar refractivity (Wildman–Crippen MR) is 173 cm³/mol. The van der Waals surface area contributed by atoms with E-state index in [1.807, 2.05) is 12.1 Å². The molecule has 1 aromatic heterocycles. The molecule has 2 aromatic carbocycles. The molecule has 4 aliphatic rings. The highest BCUT2D eigenvalue weighted by Crippen LogP contribution is 2.44. The molecule has 1 atom stereocenters. The molecule has 11 heteroatoms. The molecule has 3 aliphatic heterocycles. The number of ether oxygens (including phenoxy) is 1. The Morgan fingerprint density at radius 2 is 1.87 bits per heavy atom. The Bertz CT molecular complexity index is 1680. The lowest BCUT2D eigenvalue weighted by molar-refractivity contribution is -0.131. The first-order valence-electron chi connectivity index (χ1n) is 15.8. The van der Waals surface area contributed by atoms with Crippen molar-refractivity contribution in [3.8, 4) is 6.01 Å². The first kappa shape index (κ1) is 29.8. The quantitative estimate of drug-likeness (QED) is 0.248. The van der Waals surface area contributed by atoms with Gasteiger partial charge < -0.3 is 24.3 Å². The van der Waals surface area contributed by atoms with Gasteiger partial charge in [-0.3, -0.25) is 9.69 Å². The molecular formula is C34H37ClFN7O2. The SMILES string of the molecule is [C-]#[N+]C[C@H]1CN(c2nc(OCC3(N4CCCC4)CC3)nc3c2CCN(c2cccc4cccc(Cl)c24)C3)CCN1C(=O)C(=C)F. The fourth-order valence-corrected chi connectivity index (χ4v) is 7.56. The molecule has 45 heavy (non-hydrogen) atoms. The zero-order chi connectivity index (χ0) is 31.1. The van der Waals surface area contributed by atoms with Crippen LogP contribution in [0.1, 0.15) is 36.9 Å².